The molecule has 164 valence electrons. The van der Waals surface area contributed by atoms with Crippen LogP contribution >= 0.6 is 0 Å². The highest BCUT2D eigenvalue weighted by molar-refractivity contribution is 7.72. The van der Waals surface area contributed by atoms with Gasteiger partial charge in [0.15, 0.2) is 10.7 Å². The van der Waals surface area contributed by atoms with Crippen molar-refractivity contribution in [2.45, 2.75) is 0 Å². The SMILES string of the molecule is Cn1cc(-c2cc(NC[SH](=O)=O)ccc2Oc2ccccc2)c2cc(C(N)=O)[nH]c2c1=O. The lowest BCUT2D eigenvalue weighted by molar-refractivity contribution is 0.0996. The van der Waals surface area contributed by atoms with Crippen molar-refractivity contribution in [1.29, 1.82) is 0 Å². The van der Waals surface area contributed by atoms with Gasteiger partial charge in [-0.15, -0.1) is 0 Å². The minimum absolute atomic E-state index is 0.104. The summed E-state index contributed by atoms with van der Waals surface area (Å²) in [4.78, 5) is 27.1. The lowest BCUT2D eigenvalue weighted by atomic mass is 10.0. The van der Waals surface area contributed by atoms with E-state index in [2.05, 4.69) is 10.3 Å². The number of para-hydroxylation sites is 1. The Bertz CT molecular complexity index is 1450. The van der Waals surface area contributed by atoms with Gasteiger partial charge in [-0.25, -0.2) is 8.42 Å². The molecule has 1 amide bonds. The van der Waals surface area contributed by atoms with Crippen molar-refractivity contribution in [3.05, 3.63) is 76.8 Å². The van der Waals surface area contributed by atoms with Crippen molar-refractivity contribution < 1.29 is 17.9 Å². The Hall–Kier alpha value is -4.05. The molecule has 0 atom stereocenters. The Morgan fingerprint density at radius 2 is 1.88 bits per heavy atom. The molecule has 0 spiro atoms. The summed E-state index contributed by atoms with van der Waals surface area (Å²) >= 11 is 0. The molecule has 2 aromatic heterocycles. The Morgan fingerprint density at radius 1 is 1.12 bits per heavy atom. The Labute approximate surface area is 184 Å². The van der Waals surface area contributed by atoms with Crippen LogP contribution in [0.15, 0.2) is 65.6 Å². The average Bonchev–Trinajstić information content (AvgIpc) is 3.22. The second-order valence-corrected chi connectivity index (χ2v) is 8.07. The fourth-order valence-electron chi connectivity index (χ4n) is 3.39. The number of ether oxygens (including phenoxy) is 1. The molecule has 4 N–H and O–H groups in total. The number of carbonyl (C=O) groups is 1. The van der Waals surface area contributed by atoms with Crippen LogP contribution in [0.3, 0.4) is 0 Å². The van der Waals surface area contributed by atoms with Crippen molar-refractivity contribution in [1.82, 2.24) is 9.55 Å². The molecule has 32 heavy (non-hydrogen) atoms. The molecule has 0 aliphatic rings. The van der Waals surface area contributed by atoms with E-state index >= 15 is 0 Å². The molecule has 0 saturated heterocycles. The molecule has 2 heterocycles. The molecule has 4 aromatic rings. The Morgan fingerprint density at radius 3 is 2.56 bits per heavy atom. The van der Waals surface area contributed by atoms with E-state index in [1.807, 2.05) is 18.2 Å². The molecule has 9 nitrogen and oxygen atoms in total. The second kappa shape index (κ2) is 8.60. The second-order valence-electron chi connectivity index (χ2n) is 7.09. The fraction of sp³-hybridized carbons (Fsp3) is 0.0909. The molecule has 2 aromatic carbocycles. The summed E-state index contributed by atoms with van der Waals surface area (Å²) in [5.41, 5.74) is 7.16. The maximum atomic E-state index is 12.6. The maximum absolute atomic E-state index is 12.6. The standard InChI is InChI=1S/C22H20N4O5S/c1-26-11-17(16-10-18(21(23)27)25-20(16)22(26)28)15-9-13(24-12-32(29)30)7-8-19(15)31-14-5-3-2-4-6-14/h2-11,24-25,32H,12H2,1H3,(H2,23,27). The van der Waals surface area contributed by atoms with Gasteiger partial charge >= 0.3 is 0 Å². The zero-order valence-corrected chi connectivity index (χ0v) is 17.9. The highest BCUT2D eigenvalue weighted by Crippen LogP contribution is 2.38. The fourth-order valence-corrected chi connectivity index (χ4v) is 3.70. The average molecular weight is 452 g/mol. The number of nitrogens with zero attached hydrogens (tertiary/aromatic N) is 1. The molecule has 0 aliphatic heterocycles. The minimum atomic E-state index is -2.62. The van der Waals surface area contributed by atoms with Gasteiger partial charge in [-0.05, 0) is 36.4 Å². The van der Waals surface area contributed by atoms with Crippen LogP contribution in [0.5, 0.6) is 11.5 Å². The number of fused-ring (bicyclic) bond motifs is 1. The number of anilines is 1. The number of amides is 1. The third-order valence-corrected chi connectivity index (χ3v) is 5.30. The first kappa shape index (κ1) is 21.2. The maximum Gasteiger partial charge on any atom is 0.274 e. The zero-order valence-electron chi connectivity index (χ0n) is 17.0. The zero-order chi connectivity index (χ0) is 22.8. The van der Waals surface area contributed by atoms with Crippen molar-refractivity contribution in [2.75, 3.05) is 11.2 Å². The van der Waals surface area contributed by atoms with Crippen LogP contribution in [0.2, 0.25) is 0 Å². The predicted molar refractivity (Wildman–Crippen MR) is 123 cm³/mol. The molecule has 0 radical (unpaired) electrons. The number of aromatic amines is 1. The minimum Gasteiger partial charge on any atom is -0.457 e. The van der Waals surface area contributed by atoms with Gasteiger partial charge in [-0.1, -0.05) is 18.2 Å². The highest BCUT2D eigenvalue weighted by Gasteiger charge is 2.18. The van der Waals surface area contributed by atoms with Crippen LogP contribution < -0.4 is 21.3 Å². The van der Waals surface area contributed by atoms with Crippen molar-refractivity contribution in [3.63, 3.8) is 0 Å². The lowest BCUT2D eigenvalue weighted by Gasteiger charge is -2.15. The molecule has 4 rings (SSSR count). The van der Waals surface area contributed by atoms with Gasteiger partial charge in [0.05, 0.1) is 0 Å². The number of aromatic nitrogens is 2. The number of nitrogens with one attached hydrogen (secondary N) is 2. The molecule has 0 aliphatic carbocycles. The number of hydrogen-bond donors (Lipinski definition) is 4. The van der Waals surface area contributed by atoms with Gasteiger partial charge in [0.2, 0.25) is 0 Å². The number of nitrogens with two attached hydrogens (primary N) is 1. The first-order chi connectivity index (χ1) is 15.3. The number of carbonyl (C=O) groups excluding carboxylic acids is 1. The summed E-state index contributed by atoms with van der Waals surface area (Å²) in [6, 6.07) is 15.8. The third-order valence-electron chi connectivity index (χ3n) is 4.88. The molecule has 0 bridgehead atoms. The van der Waals surface area contributed by atoms with Crippen LogP contribution in [0.25, 0.3) is 22.0 Å². The van der Waals surface area contributed by atoms with Crippen molar-refractivity contribution >= 4 is 33.2 Å². The van der Waals surface area contributed by atoms with E-state index in [4.69, 9.17) is 10.5 Å². The molecule has 0 unspecified atom stereocenters. The number of H-pyrrole nitrogens is 1. The van der Waals surface area contributed by atoms with Gasteiger partial charge < -0.3 is 25.3 Å². The number of thiol groups is 1. The largest absolute Gasteiger partial charge is 0.457 e. The van der Waals surface area contributed by atoms with Crippen molar-refractivity contribution in [2.24, 2.45) is 12.8 Å². The summed E-state index contributed by atoms with van der Waals surface area (Å²) in [5, 5.41) is 3.33. The van der Waals surface area contributed by atoms with Crippen molar-refractivity contribution in [3.8, 4) is 22.6 Å². The van der Waals surface area contributed by atoms with Crippen LogP contribution in [-0.2, 0) is 17.8 Å². The summed E-state index contributed by atoms with van der Waals surface area (Å²) < 4.78 is 29.5. The van der Waals surface area contributed by atoms with E-state index in [1.165, 1.54) is 10.6 Å². The van der Waals surface area contributed by atoms with E-state index in [0.29, 0.717) is 33.7 Å². The topological polar surface area (TPSA) is 136 Å². The summed E-state index contributed by atoms with van der Waals surface area (Å²) in [5.74, 6) is 0.163. The highest BCUT2D eigenvalue weighted by atomic mass is 32.2. The van der Waals surface area contributed by atoms with E-state index in [0.717, 1.165) is 0 Å². The molecule has 10 heteroatoms. The number of benzene rings is 2. The Kier molecular flexibility index (Phi) is 5.69. The molecular formula is C22H20N4O5S. The summed E-state index contributed by atoms with van der Waals surface area (Å²) in [6.45, 7) is 0. The molecule has 0 fully saturated rings. The van der Waals surface area contributed by atoms with Crippen LogP contribution in [0.4, 0.5) is 5.69 Å². The smallest absolute Gasteiger partial charge is 0.274 e. The molecular weight excluding hydrogens is 432 g/mol. The number of hydrogen-bond acceptors (Lipinski definition) is 6. The van der Waals surface area contributed by atoms with Gasteiger partial charge in [0, 0.05) is 35.4 Å². The van der Waals surface area contributed by atoms with Crippen LogP contribution in [0.1, 0.15) is 10.5 Å². The van der Waals surface area contributed by atoms with Crippen LogP contribution in [0, 0.1) is 0 Å². The first-order valence-corrected chi connectivity index (χ1v) is 10.9. The van der Waals surface area contributed by atoms with Gasteiger partial charge in [-0.2, -0.15) is 0 Å². The Balaban J connectivity index is 1.94. The van der Waals surface area contributed by atoms with E-state index < -0.39 is 16.6 Å². The quantitative estimate of drug-likeness (QED) is 0.318. The van der Waals surface area contributed by atoms with Gasteiger partial charge in [0.25, 0.3) is 11.5 Å². The summed E-state index contributed by atoms with van der Waals surface area (Å²) in [7, 11) is -1.03. The normalized spacial score (nSPS) is 11.1. The van der Waals surface area contributed by atoms with E-state index in [9.17, 15) is 18.0 Å². The predicted octanol–water partition coefficient (Wildman–Crippen LogP) is 2.41. The lowest BCUT2D eigenvalue weighted by Crippen LogP contribution is -2.17. The third kappa shape index (κ3) is 4.21. The number of primary amides is 1. The van der Waals surface area contributed by atoms with E-state index in [-0.39, 0.29) is 22.6 Å². The molecule has 0 saturated carbocycles. The van der Waals surface area contributed by atoms with Crippen LogP contribution in [-0.4, -0.2) is 29.8 Å². The number of pyridine rings is 1. The van der Waals surface area contributed by atoms with Gasteiger partial charge in [-0.3, -0.25) is 9.59 Å². The number of rotatable bonds is 7. The summed E-state index contributed by atoms with van der Waals surface area (Å²) in [6.07, 6.45) is 1.63. The van der Waals surface area contributed by atoms with E-state index in [1.54, 1.807) is 43.6 Å². The first-order valence-electron chi connectivity index (χ1n) is 9.58. The van der Waals surface area contributed by atoms with Gasteiger partial charge in [0.1, 0.15) is 28.6 Å². The number of aryl methyl sites for hydroxylation is 1. The monoisotopic (exact) mass is 452 g/mol.